The molecular weight excluding hydrogens is 490 g/mol. The predicted octanol–water partition coefficient (Wildman–Crippen LogP) is 5.85. The summed E-state index contributed by atoms with van der Waals surface area (Å²) in [5, 5.41) is 19.0. The molecule has 0 aromatic heterocycles. The van der Waals surface area contributed by atoms with Crippen LogP contribution in [-0.2, 0) is 10.3 Å². The summed E-state index contributed by atoms with van der Waals surface area (Å²) in [7, 11) is 3.62. The Morgan fingerprint density at radius 3 is 2.54 bits per heavy atom. The van der Waals surface area contributed by atoms with Crippen molar-refractivity contribution in [2.24, 2.45) is 11.8 Å². The van der Waals surface area contributed by atoms with Gasteiger partial charge in [0.1, 0.15) is 11.5 Å². The second-order valence-corrected chi connectivity index (χ2v) is 11.4. The number of urea groups is 1. The van der Waals surface area contributed by atoms with Crippen LogP contribution in [0.4, 0.5) is 4.79 Å². The van der Waals surface area contributed by atoms with E-state index < -0.39 is 5.60 Å². The number of hydrogen-bond acceptors (Lipinski definition) is 5. The Morgan fingerprint density at radius 1 is 1.13 bits per heavy atom. The van der Waals surface area contributed by atoms with Gasteiger partial charge in [-0.3, -0.25) is 0 Å². The number of likely N-dealkylation sites (N-methyl/N-ethyl adjacent to an activating group) is 1. The molecule has 7 nitrogen and oxygen atoms in total. The average Bonchev–Trinajstić information content (AvgIpc) is 2.92. The molecule has 216 valence electrons. The third-order valence-corrected chi connectivity index (χ3v) is 7.74. The Morgan fingerprint density at radius 2 is 1.85 bits per heavy atom. The lowest BCUT2D eigenvalue weighted by molar-refractivity contribution is -0.0575. The number of piperidine rings is 1. The van der Waals surface area contributed by atoms with Crippen molar-refractivity contribution < 1.29 is 19.4 Å². The van der Waals surface area contributed by atoms with Crippen LogP contribution in [0.15, 0.2) is 48.5 Å². The predicted molar refractivity (Wildman–Crippen MR) is 157 cm³/mol. The van der Waals surface area contributed by atoms with E-state index in [1.807, 2.05) is 67.4 Å². The van der Waals surface area contributed by atoms with Crippen LogP contribution in [0.3, 0.4) is 0 Å². The Balaban J connectivity index is 1.87. The first kappa shape index (κ1) is 30.9. The number of nitrogens with one attached hydrogen (secondary N) is 2. The highest BCUT2D eigenvalue weighted by molar-refractivity contribution is 5.74. The van der Waals surface area contributed by atoms with Crippen LogP contribution in [-0.4, -0.2) is 62.5 Å². The first-order valence-corrected chi connectivity index (χ1v) is 14.5. The van der Waals surface area contributed by atoms with Gasteiger partial charge in [0.05, 0.1) is 5.60 Å². The smallest absolute Gasteiger partial charge is 0.317 e. The first-order valence-electron chi connectivity index (χ1n) is 14.5. The monoisotopic (exact) mass is 539 g/mol. The number of unbranched alkanes of at least 4 members (excludes halogenated alkanes) is 1. The molecule has 39 heavy (non-hydrogen) atoms. The molecule has 0 unspecified atom stereocenters. The molecule has 0 saturated carbocycles. The number of methoxy groups -OCH3 is 1. The van der Waals surface area contributed by atoms with Crippen molar-refractivity contribution in [2.75, 3.05) is 40.4 Å². The summed E-state index contributed by atoms with van der Waals surface area (Å²) in [6, 6.07) is 15.8. The lowest BCUT2D eigenvalue weighted by Crippen LogP contribution is -2.54. The molecule has 1 aliphatic rings. The normalized spacial score (nSPS) is 18.0. The average molecular weight is 540 g/mol. The zero-order valence-corrected chi connectivity index (χ0v) is 24.5. The zero-order chi connectivity index (χ0) is 28.3. The van der Waals surface area contributed by atoms with Crippen LogP contribution in [0, 0.1) is 18.8 Å². The van der Waals surface area contributed by atoms with Gasteiger partial charge in [-0.05, 0) is 76.1 Å². The number of carbonyl (C=O) groups excluding carboxylic acids is 1. The largest absolute Gasteiger partial charge is 0.457 e. The summed E-state index contributed by atoms with van der Waals surface area (Å²) in [4.78, 5) is 15.3. The minimum absolute atomic E-state index is 0.0493. The van der Waals surface area contributed by atoms with Gasteiger partial charge in [0.25, 0.3) is 0 Å². The highest BCUT2D eigenvalue weighted by Crippen LogP contribution is 2.44. The molecule has 0 radical (unpaired) electrons. The number of aryl methyl sites for hydroxylation is 1. The van der Waals surface area contributed by atoms with Gasteiger partial charge in [0.15, 0.2) is 0 Å². The van der Waals surface area contributed by atoms with Crippen molar-refractivity contribution in [2.45, 2.75) is 70.9 Å². The number of para-hydroxylation sites is 2. The number of hydrogen-bond donors (Lipinski definition) is 3. The Bertz CT molecular complexity index is 1030. The fourth-order valence-electron chi connectivity index (χ4n) is 5.73. The van der Waals surface area contributed by atoms with Gasteiger partial charge in [-0.1, -0.05) is 50.2 Å². The minimum atomic E-state index is -1.14. The Kier molecular flexibility index (Phi) is 12.1. The lowest BCUT2D eigenvalue weighted by atomic mass is 9.73. The zero-order valence-electron chi connectivity index (χ0n) is 24.5. The fraction of sp³-hybridized carbons (Fsp3) is 0.594. The van der Waals surface area contributed by atoms with Crippen LogP contribution in [0.1, 0.15) is 63.5 Å². The second kappa shape index (κ2) is 15.2. The number of aliphatic hydroxyl groups is 1. The standard InChI is InChI=1S/C32H49N3O4/c1-24(2)21-27(22-33-4)34-31(36)35-19-12-14-26(23-35)32(37,18-10-11-20-38-5)28-15-7-9-17-30(28)39-29-16-8-6-13-25(29)3/h6-9,13,15-17,24,26-27,33,37H,10-12,14,18-23H2,1-5H3,(H,34,36)/t26-,27+,32+/m1/s1. The van der Waals surface area contributed by atoms with Gasteiger partial charge in [0.2, 0.25) is 0 Å². The number of likely N-dealkylation sites (tertiary alicyclic amines) is 1. The van der Waals surface area contributed by atoms with Crippen LogP contribution in [0.25, 0.3) is 0 Å². The SMILES string of the molecule is CNC[C@H](CC(C)C)NC(=O)N1CCC[C@@H]([C@@](O)(CCCCOC)c2ccccc2Oc2ccccc2C)C1. The van der Waals surface area contributed by atoms with Gasteiger partial charge >= 0.3 is 6.03 Å². The molecule has 2 aromatic rings. The van der Waals surface area contributed by atoms with E-state index in [1.165, 1.54) is 0 Å². The van der Waals surface area contributed by atoms with E-state index in [-0.39, 0.29) is 18.0 Å². The van der Waals surface area contributed by atoms with Crippen LogP contribution < -0.4 is 15.4 Å². The maximum atomic E-state index is 13.4. The van der Waals surface area contributed by atoms with E-state index in [0.717, 1.165) is 55.5 Å². The molecule has 1 heterocycles. The van der Waals surface area contributed by atoms with E-state index in [0.29, 0.717) is 37.8 Å². The van der Waals surface area contributed by atoms with Gasteiger partial charge in [-0.2, -0.15) is 0 Å². The topological polar surface area (TPSA) is 83.1 Å². The molecule has 1 fully saturated rings. The molecule has 3 N–H and O–H groups in total. The Labute approximate surface area is 235 Å². The van der Waals surface area contributed by atoms with Crippen molar-refractivity contribution in [3.05, 3.63) is 59.7 Å². The molecule has 7 heteroatoms. The minimum Gasteiger partial charge on any atom is -0.457 e. The van der Waals surface area contributed by atoms with Gasteiger partial charge in [0, 0.05) is 50.9 Å². The fourth-order valence-corrected chi connectivity index (χ4v) is 5.73. The van der Waals surface area contributed by atoms with E-state index in [1.54, 1.807) is 7.11 Å². The third kappa shape index (κ3) is 8.69. The van der Waals surface area contributed by atoms with E-state index in [9.17, 15) is 9.90 Å². The quantitative estimate of drug-likeness (QED) is 0.263. The van der Waals surface area contributed by atoms with E-state index in [4.69, 9.17) is 9.47 Å². The summed E-state index contributed by atoms with van der Waals surface area (Å²) in [6.45, 7) is 8.94. The van der Waals surface area contributed by atoms with Crippen molar-refractivity contribution in [1.82, 2.24) is 15.5 Å². The maximum Gasteiger partial charge on any atom is 0.317 e. The summed E-state index contributed by atoms with van der Waals surface area (Å²) < 4.78 is 11.7. The molecule has 3 rings (SSSR count). The summed E-state index contributed by atoms with van der Waals surface area (Å²) in [5.74, 6) is 1.81. The van der Waals surface area contributed by atoms with Crippen LogP contribution >= 0.6 is 0 Å². The van der Waals surface area contributed by atoms with Gasteiger partial charge in [-0.15, -0.1) is 0 Å². The van der Waals surface area contributed by atoms with E-state index in [2.05, 4.69) is 24.5 Å². The number of benzene rings is 2. The molecule has 0 spiro atoms. The highest BCUT2D eigenvalue weighted by atomic mass is 16.5. The van der Waals surface area contributed by atoms with Crippen LogP contribution in [0.2, 0.25) is 0 Å². The summed E-state index contributed by atoms with van der Waals surface area (Å²) in [5.41, 5.74) is 0.675. The molecule has 1 aliphatic heterocycles. The molecule has 2 aromatic carbocycles. The van der Waals surface area contributed by atoms with Crippen molar-refractivity contribution in [1.29, 1.82) is 0 Å². The molecular formula is C32H49N3O4. The number of carbonyl (C=O) groups is 1. The number of amides is 2. The molecule has 3 atom stereocenters. The third-order valence-electron chi connectivity index (χ3n) is 7.74. The maximum absolute atomic E-state index is 13.4. The lowest BCUT2D eigenvalue weighted by Gasteiger charge is -2.43. The van der Waals surface area contributed by atoms with Gasteiger partial charge in [-0.25, -0.2) is 4.79 Å². The molecule has 0 bridgehead atoms. The number of rotatable bonds is 14. The number of ether oxygens (including phenoxy) is 2. The van der Waals surface area contributed by atoms with Crippen molar-refractivity contribution >= 4 is 6.03 Å². The van der Waals surface area contributed by atoms with Gasteiger partial charge < -0.3 is 30.1 Å². The van der Waals surface area contributed by atoms with Crippen LogP contribution in [0.5, 0.6) is 11.5 Å². The first-order chi connectivity index (χ1) is 18.8. The molecule has 0 aliphatic carbocycles. The summed E-state index contributed by atoms with van der Waals surface area (Å²) >= 11 is 0. The Hall–Kier alpha value is -2.61. The van der Waals surface area contributed by atoms with Crippen molar-refractivity contribution in [3.63, 3.8) is 0 Å². The van der Waals surface area contributed by atoms with Crippen molar-refractivity contribution in [3.8, 4) is 11.5 Å². The summed E-state index contributed by atoms with van der Waals surface area (Å²) in [6.07, 6.45) is 4.84. The molecule has 2 amide bonds. The van der Waals surface area contributed by atoms with E-state index >= 15 is 0 Å². The molecule has 1 saturated heterocycles. The highest BCUT2D eigenvalue weighted by Gasteiger charge is 2.43. The second-order valence-electron chi connectivity index (χ2n) is 11.4. The number of nitrogens with zero attached hydrogens (tertiary/aromatic N) is 1.